The zero-order valence-corrected chi connectivity index (χ0v) is 19.6. The van der Waals surface area contributed by atoms with Gasteiger partial charge in [0.1, 0.15) is 5.75 Å². The number of guanidine groups is 1. The molecule has 8 nitrogen and oxygen atoms in total. The first-order chi connectivity index (χ1) is 12.7. The summed E-state index contributed by atoms with van der Waals surface area (Å²) in [5.41, 5.74) is 0.465. The minimum atomic E-state index is -3.11. The van der Waals surface area contributed by atoms with Crippen molar-refractivity contribution in [2.45, 2.75) is 25.5 Å². The van der Waals surface area contributed by atoms with Crippen molar-refractivity contribution in [3.63, 3.8) is 0 Å². The molecular weight excluding hydrogens is 495 g/mol. The van der Waals surface area contributed by atoms with Gasteiger partial charge in [0.2, 0.25) is 0 Å². The third kappa shape index (κ3) is 6.23. The highest BCUT2D eigenvalue weighted by Gasteiger charge is 2.40. The van der Waals surface area contributed by atoms with Crippen LogP contribution in [0.5, 0.6) is 5.75 Å². The SMILES string of the molecule is CCNC(=NCCNC(=O)c1ccc(O)cc1)N1CCS(=O)(=O)C(C)(C)C1.I. The van der Waals surface area contributed by atoms with Crippen LogP contribution in [-0.2, 0) is 9.84 Å². The lowest BCUT2D eigenvalue weighted by Crippen LogP contribution is -2.57. The number of benzene rings is 1. The smallest absolute Gasteiger partial charge is 0.251 e. The molecule has 0 atom stereocenters. The highest BCUT2D eigenvalue weighted by molar-refractivity contribution is 14.0. The average Bonchev–Trinajstić information content (AvgIpc) is 2.60. The molecule has 1 heterocycles. The van der Waals surface area contributed by atoms with Crippen LogP contribution in [0.25, 0.3) is 0 Å². The van der Waals surface area contributed by atoms with Gasteiger partial charge >= 0.3 is 0 Å². The van der Waals surface area contributed by atoms with Gasteiger partial charge in [0.05, 0.1) is 17.0 Å². The molecule has 1 aromatic carbocycles. The van der Waals surface area contributed by atoms with Crippen LogP contribution in [0.2, 0.25) is 0 Å². The molecule has 0 aromatic heterocycles. The Labute approximate surface area is 183 Å². The lowest BCUT2D eigenvalue weighted by molar-refractivity contribution is 0.0954. The molecule has 1 amide bonds. The van der Waals surface area contributed by atoms with Crippen LogP contribution >= 0.6 is 24.0 Å². The highest BCUT2D eigenvalue weighted by Crippen LogP contribution is 2.23. The summed E-state index contributed by atoms with van der Waals surface area (Å²) < 4.78 is 23.5. The number of nitrogens with one attached hydrogen (secondary N) is 2. The number of hydrogen-bond donors (Lipinski definition) is 3. The van der Waals surface area contributed by atoms with E-state index in [1.807, 2.05) is 11.8 Å². The van der Waals surface area contributed by atoms with Crippen LogP contribution in [0.4, 0.5) is 0 Å². The Morgan fingerprint density at radius 2 is 1.89 bits per heavy atom. The Hall–Kier alpha value is -1.56. The standard InChI is InChI=1S/C18H28N4O4S.HI/c1-4-19-17(22-11-12-27(25,26)18(2,3)13-22)21-10-9-20-16(24)14-5-7-15(23)8-6-14;/h5-8,23H,4,9-13H2,1-3H3,(H,19,21)(H,20,24);1H. The number of carbonyl (C=O) groups excluding carboxylic acids is 1. The second-order valence-corrected chi connectivity index (χ2v) is 9.78. The largest absolute Gasteiger partial charge is 0.508 e. The van der Waals surface area contributed by atoms with Crippen molar-refractivity contribution >= 4 is 45.7 Å². The number of aliphatic imine (C=N–C) groups is 1. The predicted molar refractivity (Wildman–Crippen MR) is 121 cm³/mol. The predicted octanol–water partition coefficient (Wildman–Crippen LogP) is 1.21. The van der Waals surface area contributed by atoms with Crippen molar-refractivity contribution in [3.05, 3.63) is 29.8 Å². The molecule has 1 fully saturated rings. The van der Waals surface area contributed by atoms with Gasteiger partial charge in [0, 0.05) is 31.7 Å². The van der Waals surface area contributed by atoms with E-state index in [4.69, 9.17) is 0 Å². The first kappa shape index (κ1) is 24.5. The van der Waals surface area contributed by atoms with E-state index in [0.717, 1.165) is 0 Å². The van der Waals surface area contributed by atoms with Gasteiger partial charge in [-0.3, -0.25) is 9.79 Å². The van der Waals surface area contributed by atoms with E-state index >= 15 is 0 Å². The Bertz CT molecular complexity index is 794. The molecule has 1 saturated heterocycles. The molecule has 0 spiro atoms. The third-order valence-corrected chi connectivity index (χ3v) is 7.00. The summed E-state index contributed by atoms with van der Waals surface area (Å²) in [4.78, 5) is 18.5. The number of sulfone groups is 1. The summed E-state index contributed by atoms with van der Waals surface area (Å²) in [5, 5.41) is 15.2. The fraction of sp³-hybridized carbons (Fsp3) is 0.556. The first-order valence-corrected chi connectivity index (χ1v) is 10.6. The van der Waals surface area contributed by atoms with Gasteiger partial charge in [0.15, 0.2) is 15.8 Å². The minimum Gasteiger partial charge on any atom is -0.508 e. The van der Waals surface area contributed by atoms with Crippen molar-refractivity contribution in [2.24, 2.45) is 4.99 Å². The topological polar surface area (TPSA) is 111 Å². The van der Waals surface area contributed by atoms with Crippen LogP contribution in [0.3, 0.4) is 0 Å². The molecule has 3 N–H and O–H groups in total. The van der Waals surface area contributed by atoms with Gasteiger partial charge in [-0.2, -0.15) is 0 Å². The van der Waals surface area contributed by atoms with Crippen LogP contribution < -0.4 is 10.6 Å². The number of rotatable bonds is 5. The van der Waals surface area contributed by atoms with Crippen LogP contribution in [0, 0.1) is 0 Å². The molecule has 0 aliphatic carbocycles. The molecule has 1 aliphatic rings. The Balaban J connectivity index is 0.00000392. The summed E-state index contributed by atoms with van der Waals surface area (Å²) in [6.45, 7) is 7.58. The van der Waals surface area contributed by atoms with E-state index in [1.54, 1.807) is 26.0 Å². The van der Waals surface area contributed by atoms with E-state index < -0.39 is 14.6 Å². The lowest BCUT2D eigenvalue weighted by Gasteiger charge is -2.39. The molecular formula is C18H29IN4O4S. The fourth-order valence-corrected chi connectivity index (χ4v) is 4.16. The normalized spacial score (nSPS) is 18.1. The van der Waals surface area contributed by atoms with Crippen LogP contribution in [0.15, 0.2) is 29.3 Å². The maximum absolute atomic E-state index is 12.2. The van der Waals surface area contributed by atoms with Gasteiger partial charge in [-0.1, -0.05) is 0 Å². The van der Waals surface area contributed by atoms with Crippen molar-refractivity contribution in [3.8, 4) is 5.75 Å². The maximum Gasteiger partial charge on any atom is 0.251 e. The van der Waals surface area contributed by atoms with Crippen molar-refractivity contribution in [2.75, 3.05) is 38.5 Å². The Morgan fingerprint density at radius 1 is 1.25 bits per heavy atom. The molecule has 0 bridgehead atoms. The number of phenols is 1. The molecule has 0 radical (unpaired) electrons. The molecule has 28 heavy (non-hydrogen) atoms. The number of carbonyl (C=O) groups is 1. The van der Waals surface area contributed by atoms with Gasteiger partial charge in [-0.15, -0.1) is 24.0 Å². The fourth-order valence-electron chi connectivity index (χ4n) is 2.80. The molecule has 2 rings (SSSR count). The maximum atomic E-state index is 12.2. The zero-order chi connectivity index (χ0) is 20.1. The number of aromatic hydroxyl groups is 1. The summed E-state index contributed by atoms with van der Waals surface area (Å²) in [7, 11) is -3.11. The number of nitrogens with zero attached hydrogens (tertiary/aromatic N) is 2. The van der Waals surface area contributed by atoms with E-state index in [2.05, 4.69) is 15.6 Å². The number of phenolic OH excluding ortho intramolecular Hbond substituents is 1. The van der Waals surface area contributed by atoms with Gasteiger partial charge in [-0.05, 0) is 45.0 Å². The van der Waals surface area contributed by atoms with E-state index in [0.29, 0.717) is 44.2 Å². The Morgan fingerprint density at radius 3 is 2.46 bits per heavy atom. The quantitative estimate of drug-likeness (QED) is 0.231. The van der Waals surface area contributed by atoms with Crippen LogP contribution in [0.1, 0.15) is 31.1 Å². The summed E-state index contributed by atoms with van der Waals surface area (Å²) in [5.74, 6) is 0.625. The molecule has 1 aromatic rings. The zero-order valence-electron chi connectivity index (χ0n) is 16.4. The van der Waals surface area contributed by atoms with Crippen molar-refractivity contribution in [1.82, 2.24) is 15.5 Å². The van der Waals surface area contributed by atoms with Crippen molar-refractivity contribution in [1.29, 1.82) is 0 Å². The van der Waals surface area contributed by atoms with E-state index in [-0.39, 0.29) is 41.4 Å². The molecule has 1 aliphatic heterocycles. The number of amides is 1. The van der Waals surface area contributed by atoms with Gasteiger partial charge in [0.25, 0.3) is 5.91 Å². The van der Waals surface area contributed by atoms with Gasteiger partial charge in [-0.25, -0.2) is 8.42 Å². The lowest BCUT2D eigenvalue weighted by atomic mass is 10.2. The van der Waals surface area contributed by atoms with Gasteiger partial charge < -0.3 is 20.6 Å². The first-order valence-electron chi connectivity index (χ1n) is 8.99. The molecule has 0 unspecified atom stereocenters. The average molecular weight is 524 g/mol. The van der Waals surface area contributed by atoms with Crippen LogP contribution in [-0.4, -0.2) is 73.5 Å². The number of hydrogen-bond acceptors (Lipinski definition) is 5. The summed E-state index contributed by atoms with van der Waals surface area (Å²) >= 11 is 0. The molecule has 0 saturated carbocycles. The Kier molecular flexibility index (Phi) is 8.99. The number of halogens is 1. The summed E-state index contributed by atoms with van der Waals surface area (Å²) in [6, 6.07) is 6.02. The molecule has 158 valence electrons. The summed E-state index contributed by atoms with van der Waals surface area (Å²) in [6.07, 6.45) is 0. The second kappa shape index (κ2) is 10.3. The highest BCUT2D eigenvalue weighted by atomic mass is 127. The van der Waals surface area contributed by atoms with Crippen molar-refractivity contribution < 1.29 is 18.3 Å². The third-order valence-electron chi connectivity index (χ3n) is 4.47. The molecule has 10 heteroatoms. The van der Waals surface area contributed by atoms with E-state index in [1.165, 1.54) is 12.1 Å². The minimum absolute atomic E-state index is 0. The monoisotopic (exact) mass is 524 g/mol. The van der Waals surface area contributed by atoms with E-state index in [9.17, 15) is 18.3 Å². The second-order valence-electron chi connectivity index (χ2n) is 7.04.